The average molecular weight is 547 g/mol. The van der Waals surface area contributed by atoms with Crippen molar-refractivity contribution in [2.24, 2.45) is 11.8 Å². The van der Waals surface area contributed by atoms with Crippen molar-refractivity contribution in [3.63, 3.8) is 0 Å². The highest BCUT2D eigenvalue weighted by Crippen LogP contribution is 2.25. The molecule has 0 heterocycles. The maximum Gasteiger partial charge on any atom is 0.508 e. The van der Waals surface area contributed by atoms with Gasteiger partial charge in [-0.2, -0.15) is 0 Å². The summed E-state index contributed by atoms with van der Waals surface area (Å²) in [5, 5.41) is 0. The lowest BCUT2D eigenvalue weighted by molar-refractivity contribution is -0.383. The van der Waals surface area contributed by atoms with Gasteiger partial charge in [-0.1, -0.05) is 79.1 Å². The SMILES string of the molecule is CCCCC(COC(=O)OCC(CCCC)C(C)OOC(C)(C)CCCC)C(C)OOC(C)(C)CCCC. The van der Waals surface area contributed by atoms with Crippen molar-refractivity contribution < 1.29 is 33.8 Å². The highest BCUT2D eigenvalue weighted by atomic mass is 17.2. The van der Waals surface area contributed by atoms with Gasteiger partial charge in [-0.25, -0.2) is 24.3 Å². The Labute approximate surface area is 234 Å². The monoisotopic (exact) mass is 546 g/mol. The van der Waals surface area contributed by atoms with Gasteiger partial charge in [-0.3, -0.25) is 0 Å². The van der Waals surface area contributed by atoms with Crippen LogP contribution in [0.1, 0.15) is 146 Å². The van der Waals surface area contributed by atoms with Crippen LogP contribution in [0.4, 0.5) is 4.79 Å². The van der Waals surface area contributed by atoms with Gasteiger partial charge in [0.1, 0.15) is 13.2 Å². The Kier molecular flexibility index (Phi) is 20.4. The molecule has 7 nitrogen and oxygen atoms in total. The molecule has 7 heteroatoms. The molecule has 38 heavy (non-hydrogen) atoms. The molecule has 0 aromatic carbocycles. The number of carbonyl (C=O) groups is 1. The first-order valence-electron chi connectivity index (χ1n) is 15.4. The van der Waals surface area contributed by atoms with E-state index in [4.69, 9.17) is 29.0 Å². The van der Waals surface area contributed by atoms with Gasteiger partial charge in [0.2, 0.25) is 0 Å². The lowest BCUT2D eigenvalue weighted by Crippen LogP contribution is -2.33. The minimum atomic E-state index is -0.652. The third-order valence-corrected chi connectivity index (χ3v) is 7.13. The number of ether oxygens (including phenoxy) is 2. The summed E-state index contributed by atoms with van der Waals surface area (Å²) in [6.07, 6.45) is 11.2. The van der Waals surface area contributed by atoms with Gasteiger partial charge in [-0.05, 0) is 67.2 Å². The van der Waals surface area contributed by atoms with Gasteiger partial charge in [0, 0.05) is 11.8 Å². The topological polar surface area (TPSA) is 72.5 Å². The van der Waals surface area contributed by atoms with E-state index in [1.807, 2.05) is 41.5 Å². The first-order valence-corrected chi connectivity index (χ1v) is 15.4. The van der Waals surface area contributed by atoms with Crippen LogP contribution in [0.25, 0.3) is 0 Å². The maximum absolute atomic E-state index is 12.5. The summed E-state index contributed by atoms with van der Waals surface area (Å²) in [6.45, 7) is 21.2. The molecule has 0 saturated heterocycles. The zero-order valence-electron chi connectivity index (χ0n) is 26.6. The van der Waals surface area contributed by atoms with Crippen LogP contribution in [0.15, 0.2) is 0 Å². The second-order valence-corrected chi connectivity index (χ2v) is 12.2. The van der Waals surface area contributed by atoms with Crippen LogP contribution < -0.4 is 0 Å². The molecule has 0 bridgehead atoms. The van der Waals surface area contributed by atoms with Gasteiger partial charge < -0.3 is 9.47 Å². The van der Waals surface area contributed by atoms with Gasteiger partial charge in [-0.15, -0.1) is 0 Å². The van der Waals surface area contributed by atoms with Crippen molar-refractivity contribution in [1.29, 1.82) is 0 Å². The van der Waals surface area contributed by atoms with Crippen LogP contribution in [-0.4, -0.2) is 42.8 Å². The fraction of sp³-hybridized carbons (Fsp3) is 0.968. The molecular weight excluding hydrogens is 484 g/mol. The Hall–Kier alpha value is -0.890. The normalized spacial score (nSPS) is 15.6. The Balaban J connectivity index is 4.82. The molecule has 0 fully saturated rings. The predicted molar refractivity (Wildman–Crippen MR) is 154 cm³/mol. The summed E-state index contributed by atoms with van der Waals surface area (Å²) >= 11 is 0. The third-order valence-electron chi connectivity index (χ3n) is 7.13. The van der Waals surface area contributed by atoms with Crippen LogP contribution in [0.2, 0.25) is 0 Å². The minimum Gasteiger partial charge on any atom is -0.434 e. The molecule has 0 aromatic rings. The molecule has 0 aliphatic carbocycles. The summed E-state index contributed by atoms with van der Waals surface area (Å²) in [5.41, 5.74) is -0.693. The second kappa shape index (κ2) is 20.9. The summed E-state index contributed by atoms with van der Waals surface area (Å²) in [7, 11) is 0. The van der Waals surface area contributed by atoms with Gasteiger partial charge in [0.15, 0.2) is 0 Å². The van der Waals surface area contributed by atoms with Crippen molar-refractivity contribution in [2.75, 3.05) is 13.2 Å². The molecule has 0 aromatic heterocycles. The number of unbranched alkanes of at least 4 members (excludes halogenated alkanes) is 4. The van der Waals surface area contributed by atoms with Crippen LogP contribution in [0.5, 0.6) is 0 Å². The molecule has 228 valence electrons. The Morgan fingerprint density at radius 3 is 1.26 bits per heavy atom. The first kappa shape index (κ1) is 37.1. The van der Waals surface area contributed by atoms with Crippen molar-refractivity contribution in [3.8, 4) is 0 Å². The van der Waals surface area contributed by atoms with Gasteiger partial charge in [0.25, 0.3) is 0 Å². The predicted octanol–water partition coefficient (Wildman–Crippen LogP) is 9.36. The Morgan fingerprint density at radius 1 is 0.605 bits per heavy atom. The highest BCUT2D eigenvalue weighted by molar-refractivity contribution is 5.59. The van der Waals surface area contributed by atoms with Crippen LogP contribution in [0, 0.1) is 11.8 Å². The highest BCUT2D eigenvalue weighted by Gasteiger charge is 2.28. The Morgan fingerprint density at radius 2 is 0.947 bits per heavy atom. The number of hydrogen-bond acceptors (Lipinski definition) is 7. The van der Waals surface area contributed by atoms with Crippen molar-refractivity contribution >= 4 is 6.16 Å². The zero-order chi connectivity index (χ0) is 29.0. The maximum atomic E-state index is 12.5. The summed E-state index contributed by atoms with van der Waals surface area (Å²) < 4.78 is 11.1. The molecule has 0 amide bonds. The number of carbonyl (C=O) groups excluding carboxylic acids is 1. The van der Waals surface area contributed by atoms with Crippen molar-refractivity contribution in [1.82, 2.24) is 0 Å². The molecule has 0 radical (unpaired) electrons. The number of rotatable bonds is 24. The van der Waals surface area contributed by atoms with E-state index in [-0.39, 0.29) is 48.5 Å². The molecule has 0 aliphatic heterocycles. The van der Waals surface area contributed by atoms with E-state index in [1.54, 1.807) is 0 Å². The van der Waals surface area contributed by atoms with Gasteiger partial charge >= 0.3 is 6.16 Å². The summed E-state index contributed by atoms with van der Waals surface area (Å²) in [6, 6.07) is 0. The molecule has 0 spiro atoms. The average Bonchev–Trinajstić information content (AvgIpc) is 2.88. The molecule has 4 atom stereocenters. The lowest BCUT2D eigenvalue weighted by Gasteiger charge is -2.29. The lowest BCUT2D eigenvalue weighted by atomic mass is 9.98. The summed E-state index contributed by atoms with van der Waals surface area (Å²) in [5.74, 6) is 0.0581. The van der Waals surface area contributed by atoms with Crippen LogP contribution >= 0.6 is 0 Å². The van der Waals surface area contributed by atoms with E-state index < -0.39 is 6.16 Å². The summed E-state index contributed by atoms with van der Waals surface area (Å²) in [4.78, 5) is 35.6. The quantitative estimate of drug-likeness (QED) is 0.0678. The standard InChI is InChI=1S/C31H62O7/c1-11-15-19-27(25(5)35-37-30(7,8)21-17-13-3)23-33-29(32)34-24-28(20-16-12-2)26(6)36-38-31(9,10)22-18-14-4/h25-28H,11-24H2,1-10H3. The smallest absolute Gasteiger partial charge is 0.434 e. The second-order valence-electron chi connectivity index (χ2n) is 12.2. The van der Waals surface area contributed by atoms with E-state index >= 15 is 0 Å². The number of hydrogen-bond donors (Lipinski definition) is 0. The minimum absolute atomic E-state index is 0.0290. The van der Waals surface area contributed by atoms with Gasteiger partial charge in [0.05, 0.1) is 23.4 Å². The molecule has 0 aliphatic rings. The van der Waals surface area contributed by atoms with Crippen LogP contribution in [-0.2, 0) is 29.0 Å². The van der Waals surface area contributed by atoms with E-state index in [0.29, 0.717) is 0 Å². The van der Waals surface area contributed by atoms with Crippen molar-refractivity contribution in [2.45, 2.75) is 170 Å². The molecule has 0 N–H and O–H groups in total. The van der Waals surface area contributed by atoms with E-state index in [0.717, 1.165) is 77.0 Å². The molecule has 4 unspecified atom stereocenters. The Bertz CT molecular complexity index is 531. The molecule has 0 saturated carbocycles. The molecular formula is C31H62O7. The van der Waals surface area contributed by atoms with Crippen molar-refractivity contribution in [3.05, 3.63) is 0 Å². The van der Waals surface area contributed by atoms with Crippen LogP contribution in [0.3, 0.4) is 0 Å². The largest absolute Gasteiger partial charge is 0.508 e. The zero-order valence-corrected chi connectivity index (χ0v) is 26.6. The first-order chi connectivity index (χ1) is 17.9. The fourth-order valence-corrected chi connectivity index (χ4v) is 4.09. The van der Waals surface area contributed by atoms with E-state index in [2.05, 4.69) is 27.7 Å². The third kappa shape index (κ3) is 18.4. The van der Waals surface area contributed by atoms with E-state index in [9.17, 15) is 4.79 Å². The fourth-order valence-electron chi connectivity index (χ4n) is 4.09. The van der Waals surface area contributed by atoms with E-state index in [1.165, 1.54) is 0 Å². The molecule has 0 rings (SSSR count).